The standard InChI is InChI=1S/C33H34ClN3O3.ClH/c34-27-12-7-26(8-13-27)33(40)36-28-14-9-25(10-15-28)32(39)35-19-3-4-20-37-21-17-24(18-22-37)30-16-11-23-5-1-2-6-29(23)31(30)38;/h1-2,5-16,24,38H,3-4,17-22H2,(H,35,39)(H,36,40);1H. The first kappa shape index (κ1) is 30.4. The first-order valence-corrected chi connectivity index (χ1v) is 14.2. The number of unbranched alkanes of at least 4 members (excludes halogenated alkanes) is 1. The molecule has 0 aliphatic carbocycles. The van der Waals surface area contributed by atoms with E-state index in [0.717, 1.165) is 61.7 Å². The second-order valence-corrected chi connectivity index (χ2v) is 10.8. The highest BCUT2D eigenvalue weighted by atomic mass is 35.5. The van der Waals surface area contributed by atoms with E-state index in [9.17, 15) is 14.7 Å². The van der Waals surface area contributed by atoms with Crippen LogP contribution in [0.5, 0.6) is 5.75 Å². The Labute approximate surface area is 252 Å². The monoisotopic (exact) mass is 591 g/mol. The summed E-state index contributed by atoms with van der Waals surface area (Å²) in [4.78, 5) is 27.4. The number of likely N-dealkylation sites (tertiary alicyclic amines) is 1. The van der Waals surface area contributed by atoms with Crippen molar-refractivity contribution >= 4 is 52.3 Å². The molecular weight excluding hydrogens is 557 g/mol. The Hall–Kier alpha value is -3.58. The summed E-state index contributed by atoms with van der Waals surface area (Å²) in [6.45, 7) is 3.66. The molecular formula is C33H35Cl2N3O3. The maximum atomic E-state index is 12.5. The topological polar surface area (TPSA) is 81.7 Å². The highest BCUT2D eigenvalue weighted by molar-refractivity contribution is 6.30. The summed E-state index contributed by atoms with van der Waals surface area (Å²) in [5.74, 6) is 0.471. The number of benzene rings is 4. The largest absolute Gasteiger partial charge is 0.507 e. The number of hydrogen-bond acceptors (Lipinski definition) is 4. The quantitative estimate of drug-likeness (QED) is 0.179. The number of piperidine rings is 1. The van der Waals surface area contributed by atoms with Gasteiger partial charge in [-0.25, -0.2) is 0 Å². The van der Waals surface area contributed by atoms with Crippen LogP contribution < -0.4 is 10.6 Å². The fourth-order valence-corrected chi connectivity index (χ4v) is 5.47. The second kappa shape index (κ2) is 14.4. The Bertz CT molecular complexity index is 1470. The average Bonchev–Trinajstić information content (AvgIpc) is 2.98. The lowest BCUT2D eigenvalue weighted by Crippen LogP contribution is -2.34. The van der Waals surface area contributed by atoms with Gasteiger partial charge >= 0.3 is 0 Å². The average molecular weight is 593 g/mol. The minimum Gasteiger partial charge on any atom is -0.507 e. The van der Waals surface area contributed by atoms with Gasteiger partial charge in [0.2, 0.25) is 0 Å². The van der Waals surface area contributed by atoms with Crippen molar-refractivity contribution < 1.29 is 14.7 Å². The number of rotatable bonds is 9. The molecule has 0 atom stereocenters. The zero-order chi connectivity index (χ0) is 27.9. The van der Waals surface area contributed by atoms with E-state index in [1.807, 2.05) is 24.3 Å². The van der Waals surface area contributed by atoms with Crippen molar-refractivity contribution in [1.82, 2.24) is 10.2 Å². The second-order valence-electron chi connectivity index (χ2n) is 10.3. The van der Waals surface area contributed by atoms with Gasteiger partial charge in [-0.1, -0.05) is 48.0 Å². The summed E-state index contributed by atoms with van der Waals surface area (Å²) >= 11 is 5.88. The summed E-state index contributed by atoms with van der Waals surface area (Å²) in [7, 11) is 0. The van der Waals surface area contributed by atoms with Crippen LogP contribution in [0, 0.1) is 0 Å². The van der Waals surface area contributed by atoms with Gasteiger partial charge < -0.3 is 20.6 Å². The Morgan fingerprint density at radius 2 is 1.49 bits per heavy atom. The zero-order valence-corrected chi connectivity index (χ0v) is 24.4. The summed E-state index contributed by atoms with van der Waals surface area (Å²) in [6, 6.07) is 25.7. The number of halogens is 2. The number of fused-ring (bicyclic) bond motifs is 1. The van der Waals surface area contributed by atoms with E-state index >= 15 is 0 Å². The Kier molecular flexibility index (Phi) is 10.6. The number of phenolic OH excluding ortho intramolecular Hbond substituents is 1. The molecule has 2 amide bonds. The molecule has 0 radical (unpaired) electrons. The molecule has 1 aliphatic rings. The summed E-state index contributed by atoms with van der Waals surface area (Å²) < 4.78 is 0. The van der Waals surface area contributed by atoms with E-state index in [1.165, 1.54) is 0 Å². The van der Waals surface area contributed by atoms with E-state index in [0.29, 0.717) is 40.0 Å². The van der Waals surface area contributed by atoms with E-state index < -0.39 is 0 Å². The number of carbonyl (C=O) groups is 2. The predicted octanol–water partition coefficient (Wildman–Crippen LogP) is 7.26. The third-order valence-electron chi connectivity index (χ3n) is 7.66. The molecule has 0 unspecified atom stereocenters. The van der Waals surface area contributed by atoms with Crippen molar-refractivity contribution in [2.24, 2.45) is 0 Å². The van der Waals surface area contributed by atoms with Crippen LogP contribution >= 0.6 is 24.0 Å². The lowest BCUT2D eigenvalue weighted by Gasteiger charge is -2.32. The number of nitrogens with one attached hydrogen (secondary N) is 2. The number of hydrogen-bond donors (Lipinski definition) is 3. The number of aromatic hydroxyl groups is 1. The van der Waals surface area contributed by atoms with Gasteiger partial charge in [-0.3, -0.25) is 9.59 Å². The number of nitrogens with zero attached hydrogens (tertiary/aromatic N) is 1. The molecule has 1 fully saturated rings. The number of anilines is 1. The first-order valence-electron chi connectivity index (χ1n) is 13.9. The summed E-state index contributed by atoms with van der Waals surface area (Å²) in [5.41, 5.74) is 2.76. The minimum atomic E-state index is -0.232. The van der Waals surface area contributed by atoms with Crippen LogP contribution in [0.4, 0.5) is 5.69 Å². The van der Waals surface area contributed by atoms with Gasteiger partial charge in [0.15, 0.2) is 0 Å². The van der Waals surface area contributed by atoms with Crippen molar-refractivity contribution in [3.63, 3.8) is 0 Å². The molecule has 41 heavy (non-hydrogen) atoms. The molecule has 6 nitrogen and oxygen atoms in total. The van der Waals surface area contributed by atoms with Crippen LogP contribution in [0.15, 0.2) is 84.9 Å². The van der Waals surface area contributed by atoms with E-state index in [2.05, 4.69) is 27.7 Å². The van der Waals surface area contributed by atoms with Crippen LogP contribution in [0.3, 0.4) is 0 Å². The fraction of sp³-hybridized carbons (Fsp3) is 0.273. The molecule has 1 aliphatic heterocycles. The van der Waals surface area contributed by atoms with Crippen molar-refractivity contribution in [2.75, 3.05) is 31.5 Å². The fourth-order valence-electron chi connectivity index (χ4n) is 5.34. The van der Waals surface area contributed by atoms with E-state index in [-0.39, 0.29) is 24.2 Å². The van der Waals surface area contributed by atoms with Gasteiger partial charge in [-0.05, 0) is 111 Å². The van der Waals surface area contributed by atoms with Crippen LogP contribution in [0.25, 0.3) is 10.8 Å². The zero-order valence-electron chi connectivity index (χ0n) is 22.8. The molecule has 4 aromatic rings. The molecule has 5 rings (SSSR count). The van der Waals surface area contributed by atoms with Crippen molar-refractivity contribution in [2.45, 2.75) is 31.6 Å². The maximum absolute atomic E-state index is 12.5. The van der Waals surface area contributed by atoms with Gasteiger partial charge in [0, 0.05) is 33.8 Å². The normalized spacial score (nSPS) is 13.9. The SMILES string of the molecule is Cl.O=C(NCCCCN1CCC(c2ccc3ccccc3c2O)CC1)c1ccc(NC(=O)c2ccc(Cl)cc2)cc1. The highest BCUT2D eigenvalue weighted by Crippen LogP contribution is 2.38. The molecule has 1 heterocycles. The Morgan fingerprint density at radius 3 is 2.22 bits per heavy atom. The highest BCUT2D eigenvalue weighted by Gasteiger charge is 2.23. The third-order valence-corrected chi connectivity index (χ3v) is 7.91. The summed E-state index contributed by atoms with van der Waals surface area (Å²) in [6.07, 6.45) is 4.01. The van der Waals surface area contributed by atoms with Crippen LogP contribution in [0.2, 0.25) is 5.02 Å². The molecule has 0 saturated carbocycles. The molecule has 0 spiro atoms. The first-order chi connectivity index (χ1) is 19.5. The van der Waals surface area contributed by atoms with E-state index in [4.69, 9.17) is 11.6 Å². The van der Waals surface area contributed by atoms with Gasteiger partial charge in [-0.15, -0.1) is 12.4 Å². The van der Waals surface area contributed by atoms with Crippen LogP contribution in [0.1, 0.15) is 57.9 Å². The van der Waals surface area contributed by atoms with Gasteiger partial charge in [0.25, 0.3) is 11.8 Å². The van der Waals surface area contributed by atoms with Crippen molar-refractivity contribution in [1.29, 1.82) is 0 Å². The van der Waals surface area contributed by atoms with Crippen molar-refractivity contribution in [3.8, 4) is 5.75 Å². The third kappa shape index (κ3) is 7.79. The molecule has 3 N–H and O–H groups in total. The predicted molar refractivity (Wildman–Crippen MR) is 169 cm³/mol. The molecule has 4 aromatic carbocycles. The minimum absolute atomic E-state index is 0. The molecule has 0 aromatic heterocycles. The van der Waals surface area contributed by atoms with E-state index in [1.54, 1.807) is 48.5 Å². The Balaban J connectivity index is 0.00000387. The van der Waals surface area contributed by atoms with Gasteiger partial charge in [0.1, 0.15) is 5.75 Å². The smallest absolute Gasteiger partial charge is 0.255 e. The number of amides is 2. The number of phenols is 1. The summed E-state index contributed by atoms with van der Waals surface area (Å²) in [5, 5.41) is 19.2. The maximum Gasteiger partial charge on any atom is 0.255 e. The lowest BCUT2D eigenvalue weighted by atomic mass is 9.87. The Morgan fingerprint density at radius 1 is 0.829 bits per heavy atom. The molecule has 1 saturated heterocycles. The van der Waals surface area contributed by atoms with Crippen molar-refractivity contribution in [3.05, 3.63) is 107 Å². The van der Waals surface area contributed by atoms with Crippen LogP contribution in [-0.4, -0.2) is 48.0 Å². The number of carbonyl (C=O) groups excluding carboxylic acids is 2. The van der Waals surface area contributed by atoms with Gasteiger partial charge in [-0.2, -0.15) is 0 Å². The molecule has 214 valence electrons. The van der Waals surface area contributed by atoms with Crippen LogP contribution in [-0.2, 0) is 0 Å². The lowest BCUT2D eigenvalue weighted by molar-refractivity contribution is 0.0951. The van der Waals surface area contributed by atoms with Gasteiger partial charge in [0.05, 0.1) is 0 Å². The molecule has 8 heteroatoms. The molecule has 0 bridgehead atoms.